The van der Waals surface area contributed by atoms with E-state index < -0.39 is 10.0 Å². The number of morpholine rings is 1. The number of rotatable bonds is 4. The summed E-state index contributed by atoms with van der Waals surface area (Å²) in [4.78, 5) is 15.0. The van der Waals surface area contributed by atoms with Gasteiger partial charge in [-0.15, -0.1) is 0 Å². The van der Waals surface area contributed by atoms with Crippen molar-refractivity contribution in [3.63, 3.8) is 0 Å². The molecule has 32 heavy (non-hydrogen) atoms. The van der Waals surface area contributed by atoms with E-state index in [9.17, 15) is 13.2 Å². The fourth-order valence-electron chi connectivity index (χ4n) is 3.75. The van der Waals surface area contributed by atoms with Gasteiger partial charge in [-0.3, -0.25) is 9.52 Å². The second kappa shape index (κ2) is 8.26. The fraction of sp³-hybridized carbons (Fsp3) is 0.375. The van der Waals surface area contributed by atoms with Gasteiger partial charge in [-0.2, -0.15) is 0 Å². The standard InChI is InChI=1S/C24H28N2O5S/c1-16-9-10-17(24(2,3)4)15-20(16)32(28,29)25-21-18-7-5-6-8-19(18)31-22(21)23(27)26-11-13-30-14-12-26/h5-10,15,25H,11-14H2,1-4H3. The lowest BCUT2D eigenvalue weighted by Gasteiger charge is -2.26. The molecule has 0 saturated carbocycles. The van der Waals surface area contributed by atoms with Gasteiger partial charge in [-0.05, 0) is 41.7 Å². The summed E-state index contributed by atoms with van der Waals surface area (Å²) >= 11 is 0. The van der Waals surface area contributed by atoms with Gasteiger partial charge in [-0.1, -0.05) is 45.0 Å². The first-order chi connectivity index (χ1) is 15.1. The first-order valence-electron chi connectivity index (χ1n) is 10.6. The van der Waals surface area contributed by atoms with Gasteiger partial charge < -0.3 is 14.1 Å². The number of hydrogen-bond donors (Lipinski definition) is 1. The van der Waals surface area contributed by atoms with Gasteiger partial charge in [0, 0.05) is 18.5 Å². The number of fused-ring (bicyclic) bond motifs is 1. The predicted molar refractivity (Wildman–Crippen MR) is 124 cm³/mol. The molecule has 170 valence electrons. The van der Waals surface area contributed by atoms with E-state index in [1.165, 1.54) is 0 Å². The summed E-state index contributed by atoms with van der Waals surface area (Å²) in [6, 6.07) is 12.5. The van der Waals surface area contributed by atoms with E-state index in [1.54, 1.807) is 42.2 Å². The highest BCUT2D eigenvalue weighted by molar-refractivity contribution is 7.92. The number of para-hydroxylation sites is 1. The number of carbonyl (C=O) groups excluding carboxylic acids is 1. The summed E-state index contributed by atoms with van der Waals surface area (Å²) in [5.74, 6) is -0.372. The minimum Gasteiger partial charge on any atom is -0.449 e. The van der Waals surface area contributed by atoms with Gasteiger partial charge in [0.05, 0.1) is 18.1 Å². The predicted octanol–water partition coefficient (Wildman–Crippen LogP) is 4.31. The molecule has 1 fully saturated rings. The van der Waals surface area contributed by atoms with Crippen LogP contribution in [0.4, 0.5) is 5.69 Å². The maximum absolute atomic E-state index is 13.5. The van der Waals surface area contributed by atoms with Crippen molar-refractivity contribution in [3.05, 3.63) is 59.4 Å². The van der Waals surface area contributed by atoms with Crippen LogP contribution in [0.3, 0.4) is 0 Å². The molecule has 0 atom stereocenters. The van der Waals surface area contributed by atoms with Crippen LogP contribution in [0.15, 0.2) is 51.8 Å². The zero-order chi connectivity index (χ0) is 23.1. The van der Waals surface area contributed by atoms with Gasteiger partial charge >= 0.3 is 0 Å². The zero-order valence-electron chi connectivity index (χ0n) is 18.8. The Morgan fingerprint density at radius 1 is 1.06 bits per heavy atom. The number of benzene rings is 2. The minimum absolute atomic E-state index is 0.0127. The molecule has 1 amide bonds. The van der Waals surface area contributed by atoms with Crippen molar-refractivity contribution < 1.29 is 22.4 Å². The first-order valence-corrected chi connectivity index (χ1v) is 12.1. The lowest BCUT2D eigenvalue weighted by Crippen LogP contribution is -2.40. The summed E-state index contributed by atoms with van der Waals surface area (Å²) in [5.41, 5.74) is 1.93. The second-order valence-electron chi connectivity index (χ2n) is 9.04. The van der Waals surface area contributed by atoms with Crippen molar-refractivity contribution in [1.29, 1.82) is 0 Å². The largest absolute Gasteiger partial charge is 0.449 e. The van der Waals surface area contributed by atoms with Crippen LogP contribution in [0.2, 0.25) is 0 Å². The summed E-state index contributed by atoms with van der Waals surface area (Å²) in [7, 11) is -3.98. The van der Waals surface area contributed by atoms with Crippen molar-refractivity contribution >= 4 is 32.6 Å². The monoisotopic (exact) mass is 456 g/mol. The highest BCUT2D eigenvalue weighted by atomic mass is 32.2. The molecule has 0 radical (unpaired) electrons. The minimum atomic E-state index is -3.98. The van der Waals surface area contributed by atoms with E-state index in [-0.39, 0.29) is 27.7 Å². The Morgan fingerprint density at radius 3 is 2.44 bits per heavy atom. The average Bonchev–Trinajstić information content (AvgIpc) is 3.11. The Morgan fingerprint density at radius 2 is 1.75 bits per heavy atom. The Kier molecular flexibility index (Phi) is 5.77. The third kappa shape index (κ3) is 4.25. The molecule has 0 bridgehead atoms. The number of furan rings is 1. The molecule has 2 aromatic carbocycles. The van der Waals surface area contributed by atoms with Crippen LogP contribution in [0.25, 0.3) is 11.0 Å². The number of anilines is 1. The average molecular weight is 457 g/mol. The van der Waals surface area contributed by atoms with E-state index in [0.717, 1.165) is 5.56 Å². The highest BCUT2D eigenvalue weighted by Gasteiger charge is 2.30. The molecule has 4 rings (SSSR count). The van der Waals surface area contributed by atoms with E-state index in [1.807, 2.05) is 32.9 Å². The molecule has 2 heterocycles. The number of ether oxygens (including phenoxy) is 1. The smallest absolute Gasteiger partial charge is 0.291 e. The molecule has 1 aliphatic heterocycles. The highest BCUT2D eigenvalue weighted by Crippen LogP contribution is 2.35. The van der Waals surface area contributed by atoms with Gasteiger partial charge in [0.15, 0.2) is 0 Å². The Bertz CT molecular complexity index is 1270. The van der Waals surface area contributed by atoms with Crippen molar-refractivity contribution in [1.82, 2.24) is 4.90 Å². The maximum atomic E-state index is 13.5. The molecule has 0 unspecified atom stereocenters. The van der Waals surface area contributed by atoms with Crippen molar-refractivity contribution in [3.8, 4) is 0 Å². The molecule has 8 heteroatoms. The van der Waals surface area contributed by atoms with Crippen LogP contribution in [0.5, 0.6) is 0 Å². The summed E-state index contributed by atoms with van der Waals surface area (Å²) in [5, 5.41) is 0.539. The Hall–Kier alpha value is -2.84. The Balaban J connectivity index is 1.79. The molecule has 1 aliphatic rings. The van der Waals surface area contributed by atoms with Crippen LogP contribution < -0.4 is 4.72 Å². The number of hydrogen-bond acceptors (Lipinski definition) is 5. The van der Waals surface area contributed by atoms with E-state index in [2.05, 4.69) is 4.72 Å². The molecular formula is C24H28N2O5S. The lowest BCUT2D eigenvalue weighted by atomic mass is 9.87. The summed E-state index contributed by atoms with van der Waals surface area (Å²) in [6.45, 7) is 9.58. The lowest BCUT2D eigenvalue weighted by molar-refractivity contribution is 0.0285. The van der Waals surface area contributed by atoms with Crippen molar-refractivity contribution in [2.45, 2.75) is 38.0 Å². The van der Waals surface area contributed by atoms with Crippen molar-refractivity contribution in [2.24, 2.45) is 0 Å². The fourth-order valence-corrected chi connectivity index (χ4v) is 5.11. The number of carbonyl (C=O) groups is 1. The van der Waals surface area contributed by atoms with Gasteiger partial charge in [0.1, 0.15) is 11.3 Å². The number of sulfonamides is 1. The molecular weight excluding hydrogens is 428 g/mol. The van der Waals surface area contributed by atoms with Crippen molar-refractivity contribution in [2.75, 3.05) is 31.0 Å². The molecule has 0 aliphatic carbocycles. The normalized spacial score (nSPS) is 15.2. The van der Waals surface area contributed by atoms with E-state index in [4.69, 9.17) is 9.15 Å². The molecule has 3 aromatic rings. The van der Waals surface area contributed by atoms with E-state index in [0.29, 0.717) is 42.8 Å². The zero-order valence-corrected chi connectivity index (χ0v) is 19.6. The van der Waals surface area contributed by atoms with Gasteiger partial charge in [0.25, 0.3) is 15.9 Å². The van der Waals surface area contributed by atoms with Crippen LogP contribution >= 0.6 is 0 Å². The summed E-state index contributed by atoms with van der Waals surface area (Å²) < 4.78 is 40.8. The third-order valence-electron chi connectivity index (χ3n) is 5.67. The number of nitrogens with one attached hydrogen (secondary N) is 1. The van der Waals surface area contributed by atoms with E-state index >= 15 is 0 Å². The molecule has 7 nitrogen and oxygen atoms in total. The van der Waals surface area contributed by atoms with Crippen LogP contribution in [-0.4, -0.2) is 45.5 Å². The number of nitrogens with zero attached hydrogens (tertiary/aromatic N) is 1. The summed E-state index contributed by atoms with van der Waals surface area (Å²) in [6.07, 6.45) is 0. The number of amides is 1. The molecule has 1 N–H and O–H groups in total. The Labute approximate surface area is 188 Å². The van der Waals surface area contributed by atoms with Crippen LogP contribution in [0.1, 0.15) is 42.5 Å². The van der Waals surface area contributed by atoms with Crippen LogP contribution in [0, 0.1) is 6.92 Å². The SMILES string of the molecule is Cc1ccc(C(C)(C)C)cc1S(=O)(=O)Nc1c(C(=O)N2CCOCC2)oc2ccccc12. The first kappa shape index (κ1) is 22.4. The maximum Gasteiger partial charge on any atom is 0.291 e. The quantitative estimate of drug-likeness (QED) is 0.632. The third-order valence-corrected chi connectivity index (χ3v) is 7.16. The van der Waals surface area contributed by atoms with Gasteiger partial charge in [0.2, 0.25) is 5.76 Å². The van der Waals surface area contributed by atoms with Gasteiger partial charge in [-0.25, -0.2) is 8.42 Å². The molecule has 1 saturated heterocycles. The molecule has 0 spiro atoms. The second-order valence-corrected chi connectivity index (χ2v) is 10.7. The number of aryl methyl sites for hydroxylation is 1. The van der Waals surface area contributed by atoms with Crippen LogP contribution in [-0.2, 0) is 20.2 Å². The topological polar surface area (TPSA) is 88.9 Å². The molecule has 1 aromatic heterocycles.